The Morgan fingerprint density at radius 2 is 0.750 bits per heavy atom. The average molecular weight is 760 g/mol. The monoisotopic (exact) mass is 759 g/mol. The van der Waals surface area contributed by atoms with Crippen molar-refractivity contribution in [3.63, 3.8) is 0 Å². The number of hydrogen-bond donors (Lipinski definition) is 0. The molecule has 0 heterocycles. The molecule has 1 spiro atoms. The molecule has 0 N–H and O–H groups in total. The first-order chi connectivity index (χ1) is 29.8. The molecule has 11 aromatic rings. The second-order valence-corrected chi connectivity index (χ2v) is 16.4. The van der Waals surface area contributed by atoms with Gasteiger partial charge in [0.25, 0.3) is 0 Å². The van der Waals surface area contributed by atoms with E-state index in [0.717, 1.165) is 17.1 Å². The molecule has 0 saturated carbocycles. The molecule has 1 heteroatoms. The van der Waals surface area contributed by atoms with E-state index >= 15 is 0 Å². The van der Waals surface area contributed by atoms with Crippen LogP contribution in [0, 0.1) is 0 Å². The van der Waals surface area contributed by atoms with Crippen LogP contribution in [0.5, 0.6) is 0 Å². The Kier molecular flexibility index (Phi) is 7.00. The number of nitrogens with zero attached hydrogens (tertiary/aromatic N) is 1. The maximum Gasteiger partial charge on any atom is 0.0726 e. The average Bonchev–Trinajstić information content (AvgIpc) is 3.32. The zero-order valence-corrected chi connectivity index (χ0v) is 32.8. The van der Waals surface area contributed by atoms with Crippen molar-refractivity contribution in [1.29, 1.82) is 0 Å². The summed E-state index contributed by atoms with van der Waals surface area (Å²) in [6, 6.07) is 84.1. The van der Waals surface area contributed by atoms with Gasteiger partial charge < -0.3 is 4.90 Å². The summed E-state index contributed by atoms with van der Waals surface area (Å²) in [6.45, 7) is 0. The highest BCUT2D eigenvalue weighted by Gasteiger charge is 2.48. The van der Waals surface area contributed by atoms with Crippen molar-refractivity contribution in [3.05, 3.63) is 247 Å². The molecule has 1 atom stereocenters. The van der Waals surface area contributed by atoms with Crippen LogP contribution in [0.15, 0.2) is 224 Å². The maximum absolute atomic E-state index is 2.53. The second kappa shape index (κ2) is 12.6. The zero-order chi connectivity index (χ0) is 39.4. The highest BCUT2D eigenvalue weighted by molar-refractivity contribution is 6.11. The minimum absolute atomic E-state index is 0.593. The van der Waals surface area contributed by atoms with Crippen molar-refractivity contribution >= 4 is 60.2 Å². The van der Waals surface area contributed by atoms with E-state index in [1.807, 2.05) is 0 Å². The van der Waals surface area contributed by atoms with Crippen LogP contribution in [0.25, 0.3) is 76.5 Å². The van der Waals surface area contributed by atoms with Gasteiger partial charge in [0, 0.05) is 16.9 Å². The number of hydrogen-bond acceptors (Lipinski definition) is 1. The van der Waals surface area contributed by atoms with E-state index in [2.05, 4.69) is 229 Å². The van der Waals surface area contributed by atoms with E-state index in [1.165, 1.54) is 98.7 Å². The van der Waals surface area contributed by atoms with E-state index in [-0.39, 0.29) is 0 Å². The molecule has 13 rings (SSSR count). The first-order valence-corrected chi connectivity index (χ1v) is 20.9. The molecule has 60 heavy (non-hydrogen) atoms. The molecule has 1 nitrogen and oxygen atoms in total. The Morgan fingerprint density at radius 3 is 1.45 bits per heavy atom. The van der Waals surface area contributed by atoms with Gasteiger partial charge in [-0.3, -0.25) is 0 Å². The standard InChI is InChI=1S/C59H37N/c1-2-15-39(16-3-1)51-35-43-18-6-7-19-44(43)36-56(51)60(45-31-30-38-14-4-5-17-42(38)34-45)46-32-33-48-50-26-11-21-41-23-13-29-54(58(41)50)59(55(48)37-46)52-27-9-8-24-47(52)49-25-10-20-40-22-12-28-53(59)57(40)49/h1-37H. The summed E-state index contributed by atoms with van der Waals surface area (Å²) in [5.41, 5.74) is 15.6. The number of benzene rings is 11. The molecule has 1 unspecified atom stereocenters. The Labute approximate surface area is 349 Å². The van der Waals surface area contributed by atoms with E-state index in [0.29, 0.717) is 0 Å². The zero-order valence-electron chi connectivity index (χ0n) is 32.8. The van der Waals surface area contributed by atoms with E-state index in [9.17, 15) is 0 Å². The highest BCUT2D eigenvalue weighted by Crippen LogP contribution is 2.61. The highest BCUT2D eigenvalue weighted by atomic mass is 15.1. The molecule has 0 saturated heterocycles. The lowest BCUT2D eigenvalue weighted by Gasteiger charge is -2.46. The van der Waals surface area contributed by atoms with E-state index in [1.54, 1.807) is 0 Å². The summed E-state index contributed by atoms with van der Waals surface area (Å²) < 4.78 is 0. The van der Waals surface area contributed by atoms with Crippen LogP contribution in [-0.2, 0) is 5.41 Å². The molecule has 0 bridgehead atoms. The Hall–Kier alpha value is -7.74. The third-order valence-electron chi connectivity index (χ3n) is 13.4. The Balaban J connectivity index is 1.18. The summed E-state index contributed by atoms with van der Waals surface area (Å²) in [4.78, 5) is 2.51. The topological polar surface area (TPSA) is 3.24 Å². The third-order valence-corrected chi connectivity index (χ3v) is 13.4. The van der Waals surface area contributed by atoms with Gasteiger partial charge >= 0.3 is 0 Å². The Morgan fingerprint density at radius 1 is 0.267 bits per heavy atom. The first-order valence-electron chi connectivity index (χ1n) is 20.9. The van der Waals surface area contributed by atoms with Crippen molar-refractivity contribution in [1.82, 2.24) is 0 Å². The fourth-order valence-corrected chi connectivity index (χ4v) is 10.9. The lowest BCUT2D eigenvalue weighted by molar-refractivity contribution is 0.754. The SMILES string of the molecule is c1ccc(-c2cc3ccccc3cc2N(c2ccc3c(c2)C2(c4ccccc4-c4cccc5cccc2c45)c2cccc4cccc-3c24)c2ccc3ccccc3c2)cc1. The van der Waals surface area contributed by atoms with Crippen molar-refractivity contribution < 1.29 is 0 Å². The van der Waals surface area contributed by atoms with Crippen LogP contribution >= 0.6 is 0 Å². The molecule has 0 fully saturated rings. The van der Waals surface area contributed by atoms with Crippen LogP contribution < -0.4 is 4.90 Å². The molecular formula is C59H37N. The summed E-state index contributed by atoms with van der Waals surface area (Å²) in [5.74, 6) is 0. The summed E-state index contributed by atoms with van der Waals surface area (Å²) in [6.07, 6.45) is 0. The van der Waals surface area contributed by atoms with Crippen molar-refractivity contribution in [2.45, 2.75) is 5.41 Å². The van der Waals surface area contributed by atoms with Crippen molar-refractivity contribution in [2.75, 3.05) is 4.90 Å². The molecule has 278 valence electrons. The largest absolute Gasteiger partial charge is 0.310 e. The molecule has 2 aliphatic rings. The van der Waals surface area contributed by atoms with Gasteiger partial charge in [0.15, 0.2) is 0 Å². The van der Waals surface area contributed by atoms with Gasteiger partial charge in [-0.1, -0.05) is 188 Å². The molecular weight excluding hydrogens is 723 g/mol. The fourth-order valence-electron chi connectivity index (χ4n) is 10.9. The van der Waals surface area contributed by atoms with Gasteiger partial charge in [0.05, 0.1) is 11.1 Å². The van der Waals surface area contributed by atoms with Crippen LogP contribution in [0.1, 0.15) is 22.3 Å². The summed E-state index contributed by atoms with van der Waals surface area (Å²) in [7, 11) is 0. The number of rotatable bonds is 4. The normalized spacial score (nSPS) is 14.7. The second-order valence-electron chi connectivity index (χ2n) is 16.4. The van der Waals surface area contributed by atoms with Gasteiger partial charge in [-0.15, -0.1) is 0 Å². The predicted molar refractivity (Wildman–Crippen MR) is 253 cm³/mol. The fraction of sp³-hybridized carbons (Fsp3) is 0.0169. The lowest BCUT2D eigenvalue weighted by Crippen LogP contribution is -2.36. The van der Waals surface area contributed by atoms with Crippen molar-refractivity contribution in [3.8, 4) is 33.4 Å². The van der Waals surface area contributed by atoms with E-state index in [4.69, 9.17) is 0 Å². The predicted octanol–water partition coefficient (Wildman–Crippen LogP) is 15.8. The number of fused-ring (bicyclic) bond motifs is 10. The van der Waals surface area contributed by atoms with Crippen LogP contribution in [0.2, 0.25) is 0 Å². The maximum atomic E-state index is 2.53. The van der Waals surface area contributed by atoms with Crippen molar-refractivity contribution in [2.24, 2.45) is 0 Å². The van der Waals surface area contributed by atoms with Gasteiger partial charge in [-0.25, -0.2) is 0 Å². The van der Waals surface area contributed by atoms with Gasteiger partial charge in [0.1, 0.15) is 0 Å². The van der Waals surface area contributed by atoms with E-state index < -0.39 is 5.41 Å². The van der Waals surface area contributed by atoms with Crippen LogP contribution in [0.4, 0.5) is 17.1 Å². The van der Waals surface area contributed by atoms with Gasteiger partial charge in [-0.05, 0) is 130 Å². The summed E-state index contributed by atoms with van der Waals surface area (Å²) >= 11 is 0. The van der Waals surface area contributed by atoms with Gasteiger partial charge in [0.2, 0.25) is 0 Å². The minimum Gasteiger partial charge on any atom is -0.310 e. The number of anilines is 3. The summed E-state index contributed by atoms with van der Waals surface area (Å²) in [5, 5.41) is 10.1. The molecule has 2 aliphatic carbocycles. The smallest absolute Gasteiger partial charge is 0.0726 e. The minimum atomic E-state index is -0.593. The molecule has 11 aromatic carbocycles. The molecule has 0 radical (unpaired) electrons. The molecule has 0 aromatic heterocycles. The quantitative estimate of drug-likeness (QED) is 0.173. The van der Waals surface area contributed by atoms with Crippen LogP contribution in [-0.4, -0.2) is 0 Å². The van der Waals surface area contributed by atoms with Gasteiger partial charge in [-0.2, -0.15) is 0 Å². The lowest BCUT2D eigenvalue weighted by atomic mass is 9.55. The Bertz CT molecular complexity index is 3540. The van der Waals surface area contributed by atoms with Crippen LogP contribution in [0.3, 0.4) is 0 Å². The molecule has 0 amide bonds. The molecule has 0 aliphatic heterocycles. The first kappa shape index (κ1) is 33.3. The third kappa shape index (κ3) is 4.58.